The molecule has 0 fully saturated rings. The first-order chi connectivity index (χ1) is 9.19. The number of nitrogens with one attached hydrogen (secondary N) is 1. The molecule has 116 valence electrons. The van der Waals surface area contributed by atoms with Crippen molar-refractivity contribution >= 4 is 47.6 Å². The number of hydrogen-bond donors (Lipinski definition) is 3. The molecule has 9 heteroatoms. The fourth-order valence-electron chi connectivity index (χ4n) is 1.34. The van der Waals surface area contributed by atoms with E-state index in [0.717, 1.165) is 11.5 Å². The van der Waals surface area contributed by atoms with Gasteiger partial charge in [0, 0.05) is 11.1 Å². The highest BCUT2D eigenvalue weighted by molar-refractivity contribution is 7.13. The summed E-state index contributed by atoms with van der Waals surface area (Å²) in [4.78, 5) is 8.50. The molecule has 0 aliphatic heterocycles. The summed E-state index contributed by atoms with van der Waals surface area (Å²) in [5.41, 5.74) is 12.2. The number of furan rings is 1. The van der Waals surface area contributed by atoms with Gasteiger partial charge in [0.05, 0.1) is 19.4 Å². The predicted molar refractivity (Wildman–Crippen MR) is 91.7 cm³/mol. The van der Waals surface area contributed by atoms with Gasteiger partial charge in [0.2, 0.25) is 5.13 Å². The minimum atomic E-state index is 0. The van der Waals surface area contributed by atoms with Gasteiger partial charge >= 0.3 is 0 Å². The van der Waals surface area contributed by atoms with Gasteiger partial charge in [0.15, 0.2) is 5.76 Å². The lowest BCUT2D eigenvalue weighted by Crippen LogP contribution is -2.18. The van der Waals surface area contributed by atoms with Crippen LogP contribution in [0.1, 0.15) is 5.76 Å². The van der Waals surface area contributed by atoms with Crippen LogP contribution >= 0.6 is 36.2 Å². The normalized spacial score (nSPS) is 9.95. The van der Waals surface area contributed by atoms with Crippen molar-refractivity contribution in [3.63, 3.8) is 0 Å². The highest BCUT2D eigenvalue weighted by Gasteiger charge is 2.07. The molecule has 0 aromatic carbocycles. The molecular weight excluding hydrogens is 333 g/mol. The molecule has 0 atom stereocenters. The molecule has 0 amide bonds. The van der Waals surface area contributed by atoms with E-state index in [2.05, 4.69) is 21.9 Å². The summed E-state index contributed by atoms with van der Waals surface area (Å²) in [6, 6.07) is 3.69. The summed E-state index contributed by atoms with van der Waals surface area (Å²) in [5, 5.41) is 5.42. The average Bonchev–Trinajstić information content (AvgIpc) is 3.02. The third-order valence-electron chi connectivity index (χ3n) is 2.20. The van der Waals surface area contributed by atoms with E-state index in [4.69, 9.17) is 15.9 Å². The van der Waals surface area contributed by atoms with E-state index in [1.165, 1.54) is 11.3 Å². The second-order valence-corrected chi connectivity index (χ2v) is 4.62. The molecule has 0 radical (unpaired) electrons. The van der Waals surface area contributed by atoms with E-state index in [0.29, 0.717) is 29.7 Å². The zero-order valence-electron chi connectivity index (χ0n) is 11.1. The number of aliphatic imine (C=N–C) groups is 1. The van der Waals surface area contributed by atoms with Gasteiger partial charge in [-0.3, -0.25) is 0 Å². The second-order valence-electron chi connectivity index (χ2n) is 3.78. The predicted octanol–water partition coefficient (Wildman–Crippen LogP) is 2.43. The Morgan fingerprint density at radius 3 is 2.86 bits per heavy atom. The summed E-state index contributed by atoms with van der Waals surface area (Å²) in [5.74, 6) is 1.43. The first-order valence-electron chi connectivity index (χ1n) is 5.63. The van der Waals surface area contributed by atoms with E-state index >= 15 is 0 Å². The zero-order chi connectivity index (χ0) is 13.7. The third kappa shape index (κ3) is 5.76. The molecule has 6 nitrogen and oxygen atoms in total. The Morgan fingerprint density at radius 2 is 2.24 bits per heavy atom. The summed E-state index contributed by atoms with van der Waals surface area (Å²) in [6.07, 6.45) is 1.55. The lowest BCUT2D eigenvalue weighted by atomic mass is 10.3. The highest BCUT2D eigenvalue weighted by Crippen LogP contribution is 2.27. The Bertz CT molecular complexity index is 596. The molecule has 2 rings (SSSR count). The number of rotatable bonds is 6. The van der Waals surface area contributed by atoms with Gasteiger partial charge in [-0.25, -0.2) is 9.98 Å². The van der Waals surface area contributed by atoms with Crippen molar-refractivity contribution in [2.24, 2.45) is 16.5 Å². The molecule has 0 unspecified atom stereocenters. The maximum Gasteiger partial charge on any atom is 0.211 e. The first-order valence-corrected chi connectivity index (χ1v) is 6.51. The van der Waals surface area contributed by atoms with E-state index in [9.17, 15) is 0 Å². The van der Waals surface area contributed by atoms with Gasteiger partial charge in [-0.2, -0.15) is 0 Å². The van der Waals surface area contributed by atoms with Crippen molar-refractivity contribution in [3.8, 4) is 11.5 Å². The van der Waals surface area contributed by atoms with Crippen LogP contribution in [0.3, 0.4) is 0 Å². The summed E-state index contributed by atoms with van der Waals surface area (Å²) in [6.45, 7) is 4.43. The number of halogens is 2. The summed E-state index contributed by atoms with van der Waals surface area (Å²) >= 11 is 1.43. The molecule has 0 saturated heterocycles. The molecule has 0 aliphatic carbocycles. The molecule has 2 aromatic rings. The van der Waals surface area contributed by atoms with Gasteiger partial charge in [-0.1, -0.05) is 6.58 Å². The largest absolute Gasteiger partial charge is 0.458 e. The Morgan fingerprint density at radius 1 is 1.48 bits per heavy atom. The lowest BCUT2D eigenvalue weighted by Gasteiger charge is -1.96. The van der Waals surface area contributed by atoms with Crippen molar-refractivity contribution in [1.29, 1.82) is 0 Å². The summed E-state index contributed by atoms with van der Waals surface area (Å²) in [7, 11) is 0. The quantitative estimate of drug-likeness (QED) is 0.548. The SMILES string of the molecule is C=C(N)CNC=Nc1nc(-c2ccc(CN)o2)cs1.Cl.Cl. The number of nitrogens with zero attached hydrogens (tertiary/aromatic N) is 2. The first kappa shape index (κ1) is 19.5. The Labute approximate surface area is 139 Å². The highest BCUT2D eigenvalue weighted by atomic mass is 35.5. The number of thiazole rings is 1. The van der Waals surface area contributed by atoms with Crippen molar-refractivity contribution in [1.82, 2.24) is 10.3 Å². The lowest BCUT2D eigenvalue weighted by molar-refractivity contribution is 0.524. The molecule has 0 bridgehead atoms. The van der Waals surface area contributed by atoms with E-state index in [1.807, 2.05) is 17.5 Å². The monoisotopic (exact) mass is 349 g/mol. The van der Waals surface area contributed by atoms with E-state index in [1.54, 1.807) is 6.34 Å². The van der Waals surface area contributed by atoms with Crippen molar-refractivity contribution in [2.75, 3.05) is 6.54 Å². The van der Waals surface area contributed by atoms with Crippen LogP contribution in [0.15, 0.2) is 39.2 Å². The Kier molecular flexibility index (Phi) is 8.72. The minimum absolute atomic E-state index is 0. The zero-order valence-corrected chi connectivity index (χ0v) is 13.6. The van der Waals surface area contributed by atoms with Crippen molar-refractivity contribution < 1.29 is 4.42 Å². The van der Waals surface area contributed by atoms with Crippen molar-refractivity contribution in [3.05, 3.63) is 35.5 Å². The maximum atomic E-state index is 5.51. The Hall–Kier alpha value is -1.54. The summed E-state index contributed by atoms with van der Waals surface area (Å²) < 4.78 is 5.51. The van der Waals surface area contributed by atoms with Gasteiger partial charge in [0.25, 0.3) is 0 Å². The molecule has 0 spiro atoms. The number of hydrogen-bond acceptors (Lipinski definition) is 6. The van der Waals surface area contributed by atoms with Gasteiger partial charge in [0.1, 0.15) is 11.5 Å². The Balaban J connectivity index is 0.00000200. The standard InChI is InChI=1S/C12H15N5OS.2ClH/c1-8(14)5-15-7-16-12-17-10(6-19-12)11-3-2-9(4-13)18-11;;/h2-3,6-7H,1,4-5,13-14H2,(H,15,16,17);2*1H. The van der Waals surface area contributed by atoms with Crippen LogP contribution in [0.2, 0.25) is 0 Å². The van der Waals surface area contributed by atoms with Gasteiger partial charge in [-0.15, -0.1) is 36.2 Å². The van der Waals surface area contributed by atoms with E-state index in [-0.39, 0.29) is 24.8 Å². The molecule has 5 N–H and O–H groups in total. The fraction of sp³-hybridized carbons (Fsp3) is 0.167. The van der Waals surface area contributed by atoms with Crippen LogP contribution < -0.4 is 16.8 Å². The van der Waals surface area contributed by atoms with Crippen LogP contribution in [-0.4, -0.2) is 17.9 Å². The smallest absolute Gasteiger partial charge is 0.211 e. The molecule has 2 heterocycles. The minimum Gasteiger partial charge on any atom is -0.458 e. The number of nitrogens with two attached hydrogens (primary N) is 2. The molecule has 0 saturated carbocycles. The van der Waals surface area contributed by atoms with Crippen LogP contribution in [0.25, 0.3) is 11.5 Å². The fourth-order valence-corrected chi connectivity index (χ4v) is 1.99. The van der Waals surface area contributed by atoms with Gasteiger partial charge in [-0.05, 0) is 12.1 Å². The maximum absolute atomic E-state index is 5.51. The third-order valence-corrected chi connectivity index (χ3v) is 2.95. The van der Waals surface area contributed by atoms with Crippen LogP contribution in [0.4, 0.5) is 5.13 Å². The van der Waals surface area contributed by atoms with Crippen LogP contribution in [0.5, 0.6) is 0 Å². The molecular formula is C12H17Cl2N5OS. The topological polar surface area (TPSA) is 102 Å². The van der Waals surface area contributed by atoms with Crippen LogP contribution in [-0.2, 0) is 6.54 Å². The second kappa shape index (κ2) is 9.41. The van der Waals surface area contributed by atoms with Crippen LogP contribution in [0, 0.1) is 0 Å². The molecule has 0 aliphatic rings. The van der Waals surface area contributed by atoms with E-state index < -0.39 is 0 Å². The van der Waals surface area contributed by atoms with Gasteiger partial charge < -0.3 is 21.2 Å². The molecule has 21 heavy (non-hydrogen) atoms. The molecule has 2 aromatic heterocycles. The average molecular weight is 350 g/mol. The van der Waals surface area contributed by atoms with Crippen molar-refractivity contribution in [2.45, 2.75) is 6.54 Å². The number of aromatic nitrogens is 1.